The molecular weight excluding hydrogens is 272 g/mol. The summed E-state index contributed by atoms with van der Waals surface area (Å²) >= 11 is 1.57. The molecule has 20 heavy (non-hydrogen) atoms. The van der Waals surface area contributed by atoms with Crippen LogP contribution < -0.4 is 10.6 Å². The SMILES string of the molecule is O=C(CCc1cccnc1)Nc1nc2c(s1)CNCC2. The van der Waals surface area contributed by atoms with E-state index in [1.165, 1.54) is 4.88 Å². The van der Waals surface area contributed by atoms with Crippen LogP contribution >= 0.6 is 11.3 Å². The molecule has 0 bridgehead atoms. The van der Waals surface area contributed by atoms with Gasteiger partial charge in [-0.2, -0.15) is 0 Å². The van der Waals surface area contributed by atoms with E-state index in [9.17, 15) is 4.79 Å². The summed E-state index contributed by atoms with van der Waals surface area (Å²) in [7, 11) is 0. The lowest BCUT2D eigenvalue weighted by Crippen LogP contribution is -2.22. The van der Waals surface area contributed by atoms with Crippen LogP contribution in [0.2, 0.25) is 0 Å². The molecule has 0 aromatic carbocycles. The van der Waals surface area contributed by atoms with Gasteiger partial charge in [0.05, 0.1) is 5.69 Å². The van der Waals surface area contributed by atoms with Crippen molar-refractivity contribution >= 4 is 22.4 Å². The van der Waals surface area contributed by atoms with Crippen LogP contribution in [0.5, 0.6) is 0 Å². The van der Waals surface area contributed by atoms with Crippen molar-refractivity contribution in [2.75, 3.05) is 11.9 Å². The average Bonchev–Trinajstić information content (AvgIpc) is 2.88. The van der Waals surface area contributed by atoms with Gasteiger partial charge in [0, 0.05) is 43.2 Å². The number of fused-ring (bicyclic) bond motifs is 1. The first kappa shape index (κ1) is 13.2. The molecule has 0 radical (unpaired) electrons. The van der Waals surface area contributed by atoms with E-state index in [2.05, 4.69) is 20.6 Å². The highest BCUT2D eigenvalue weighted by Gasteiger charge is 2.15. The molecule has 3 heterocycles. The zero-order chi connectivity index (χ0) is 13.8. The molecule has 2 N–H and O–H groups in total. The van der Waals surface area contributed by atoms with E-state index in [1.807, 2.05) is 12.1 Å². The van der Waals surface area contributed by atoms with E-state index in [1.54, 1.807) is 23.7 Å². The summed E-state index contributed by atoms with van der Waals surface area (Å²) < 4.78 is 0. The number of amides is 1. The highest BCUT2D eigenvalue weighted by atomic mass is 32.1. The van der Waals surface area contributed by atoms with Crippen LogP contribution in [0.1, 0.15) is 22.6 Å². The van der Waals surface area contributed by atoms with Gasteiger partial charge < -0.3 is 10.6 Å². The maximum atomic E-state index is 11.9. The molecule has 0 atom stereocenters. The topological polar surface area (TPSA) is 66.9 Å². The normalized spacial score (nSPS) is 13.8. The Morgan fingerprint density at radius 1 is 1.50 bits per heavy atom. The molecule has 6 heteroatoms. The van der Waals surface area contributed by atoms with Gasteiger partial charge in [0.2, 0.25) is 5.91 Å². The van der Waals surface area contributed by atoms with E-state index in [4.69, 9.17) is 0 Å². The summed E-state index contributed by atoms with van der Waals surface area (Å²) in [4.78, 5) is 21.7. The first-order chi connectivity index (χ1) is 9.81. The van der Waals surface area contributed by atoms with Crippen molar-refractivity contribution in [1.29, 1.82) is 0 Å². The molecule has 0 fully saturated rings. The van der Waals surface area contributed by atoms with Crippen molar-refractivity contribution in [1.82, 2.24) is 15.3 Å². The molecule has 0 saturated heterocycles. The van der Waals surface area contributed by atoms with E-state index in [-0.39, 0.29) is 5.91 Å². The summed E-state index contributed by atoms with van der Waals surface area (Å²) in [6.07, 6.45) is 5.62. The van der Waals surface area contributed by atoms with E-state index in [0.29, 0.717) is 12.8 Å². The van der Waals surface area contributed by atoms with E-state index < -0.39 is 0 Å². The number of carbonyl (C=O) groups excluding carboxylic acids is 1. The minimum Gasteiger partial charge on any atom is -0.311 e. The number of anilines is 1. The Labute approximate surface area is 121 Å². The Morgan fingerprint density at radius 2 is 2.45 bits per heavy atom. The lowest BCUT2D eigenvalue weighted by Gasteiger charge is -2.09. The molecule has 1 amide bonds. The summed E-state index contributed by atoms with van der Waals surface area (Å²) in [5.74, 6) is 0.00732. The van der Waals surface area contributed by atoms with Crippen molar-refractivity contribution in [2.24, 2.45) is 0 Å². The molecule has 2 aromatic rings. The second-order valence-corrected chi connectivity index (χ2v) is 5.81. The summed E-state index contributed by atoms with van der Waals surface area (Å²) in [5, 5.41) is 6.91. The van der Waals surface area contributed by atoms with Gasteiger partial charge in [-0.25, -0.2) is 4.98 Å². The molecule has 1 aliphatic heterocycles. The number of nitrogens with one attached hydrogen (secondary N) is 2. The Kier molecular flexibility index (Phi) is 4.03. The van der Waals surface area contributed by atoms with Gasteiger partial charge in [-0.3, -0.25) is 9.78 Å². The van der Waals surface area contributed by atoms with Crippen LogP contribution in [-0.2, 0) is 24.2 Å². The predicted molar refractivity (Wildman–Crippen MR) is 78.7 cm³/mol. The number of hydrogen-bond donors (Lipinski definition) is 2. The molecule has 0 saturated carbocycles. The molecule has 1 aliphatic rings. The van der Waals surface area contributed by atoms with Crippen molar-refractivity contribution in [3.05, 3.63) is 40.7 Å². The van der Waals surface area contributed by atoms with E-state index >= 15 is 0 Å². The van der Waals surface area contributed by atoms with Crippen LogP contribution in [0.4, 0.5) is 5.13 Å². The van der Waals surface area contributed by atoms with Gasteiger partial charge in [0.25, 0.3) is 0 Å². The molecule has 0 spiro atoms. The first-order valence-electron chi connectivity index (χ1n) is 6.69. The van der Waals surface area contributed by atoms with Gasteiger partial charge >= 0.3 is 0 Å². The minimum absolute atomic E-state index is 0.00732. The van der Waals surface area contributed by atoms with Crippen LogP contribution in [0, 0.1) is 0 Å². The largest absolute Gasteiger partial charge is 0.311 e. The monoisotopic (exact) mass is 288 g/mol. The smallest absolute Gasteiger partial charge is 0.226 e. The average molecular weight is 288 g/mol. The third-order valence-corrected chi connectivity index (χ3v) is 4.23. The van der Waals surface area contributed by atoms with Gasteiger partial charge in [0.15, 0.2) is 5.13 Å². The number of carbonyl (C=O) groups is 1. The maximum absolute atomic E-state index is 11.9. The highest BCUT2D eigenvalue weighted by Crippen LogP contribution is 2.25. The number of aryl methyl sites for hydroxylation is 1. The second-order valence-electron chi connectivity index (χ2n) is 4.73. The predicted octanol–water partition coefficient (Wildman–Crippen LogP) is 1.76. The summed E-state index contributed by atoms with van der Waals surface area (Å²) in [6, 6.07) is 3.86. The third-order valence-electron chi connectivity index (χ3n) is 3.21. The maximum Gasteiger partial charge on any atom is 0.226 e. The van der Waals surface area contributed by atoms with Crippen LogP contribution in [0.25, 0.3) is 0 Å². The second kappa shape index (κ2) is 6.11. The number of rotatable bonds is 4. The highest BCUT2D eigenvalue weighted by molar-refractivity contribution is 7.15. The molecule has 2 aromatic heterocycles. The Balaban J connectivity index is 1.55. The Bertz CT molecular complexity index is 573. The number of aromatic nitrogens is 2. The molecule has 0 aliphatic carbocycles. The number of nitrogens with zero attached hydrogens (tertiary/aromatic N) is 2. The zero-order valence-corrected chi connectivity index (χ0v) is 11.9. The lowest BCUT2D eigenvalue weighted by atomic mass is 10.1. The van der Waals surface area contributed by atoms with Gasteiger partial charge in [-0.15, -0.1) is 11.3 Å². The molecule has 104 valence electrons. The fourth-order valence-electron chi connectivity index (χ4n) is 2.16. The van der Waals surface area contributed by atoms with Crippen molar-refractivity contribution < 1.29 is 4.79 Å². The van der Waals surface area contributed by atoms with Crippen LogP contribution in [0.3, 0.4) is 0 Å². The van der Waals surface area contributed by atoms with Crippen molar-refractivity contribution in [2.45, 2.75) is 25.8 Å². The first-order valence-corrected chi connectivity index (χ1v) is 7.51. The number of pyridine rings is 1. The van der Waals surface area contributed by atoms with Crippen LogP contribution in [0.15, 0.2) is 24.5 Å². The summed E-state index contributed by atoms with van der Waals surface area (Å²) in [6.45, 7) is 1.82. The molecule has 0 unspecified atom stereocenters. The molecule has 5 nitrogen and oxygen atoms in total. The number of hydrogen-bond acceptors (Lipinski definition) is 5. The third kappa shape index (κ3) is 3.20. The zero-order valence-electron chi connectivity index (χ0n) is 11.1. The van der Waals surface area contributed by atoms with Gasteiger partial charge in [-0.1, -0.05) is 6.07 Å². The fourth-order valence-corrected chi connectivity index (χ4v) is 3.16. The Morgan fingerprint density at radius 3 is 3.25 bits per heavy atom. The van der Waals surface area contributed by atoms with Crippen molar-refractivity contribution in [3.8, 4) is 0 Å². The number of thiazole rings is 1. The van der Waals surface area contributed by atoms with Gasteiger partial charge in [0.1, 0.15) is 0 Å². The van der Waals surface area contributed by atoms with E-state index in [0.717, 1.165) is 35.9 Å². The van der Waals surface area contributed by atoms with Crippen molar-refractivity contribution in [3.63, 3.8) is 0 Å². The molecule has 3 rings (SSSR count). The standard InChI is InChI=1S/C14H16N4OS/c19-13(4-3-10-2-1-6-15-8-10)18-14-17-11-5-7-16-9-12(11)20-14/h1-2,6,8,16H,3-5,7,9H2,(H,17,18,19). The minimum atomic E-state index is 0.00732. The lowest BCUT2D eigenvalue weighted by molar-refractivity contribution is -0.116. The fraction of sp³-hybridized carbons (Fsp3) is 0.357. The Hall–Kier alpha value is -1.79. The summed E-state index contributed by atoms with van der Waals surface area (Å²) in [5.41, 5.74) is 2.20. The van der Waals surface area contributed by atoms with Gasteiger partial charge in [-0.05, 0) is 18.1 Å². The molecular formula is C14H16N4OS. The quantitative estimate of drug-likeness (QED) is 0.899. The van der Waals surface area contributed by atoms with Crippen LogP contribution in [-0.4, -0.2) is 22.4 Å².